The van der Waals surface area contributed by atoms with E-state index in [9.17, 15) is 0 Å². The van der Waals surface area contributed by atoms with E-state index in [0.717, 1.165) is 21.7 Å². The molecule has 3 rings (SSSR count). The highest BCUT2D eigenvalue weighted by Crippen LogP contribution is 2.35. The minimum absolute atomic E-state index is 0. The zero-order chi connectivity index (χ0) is 15.0. The Bertz CT molecular complexity index is 820. The third-order valence-electron chi connectivity index (χ3n) is 3.38. The van der Waals surface area contributed by atoms with Gasteiger partial charge in [0.15, 0.2) is 0 Å². The monoisotopic (exact) mass is 354 g/mol. The summed E-state index contributed by atoms with van der Waals surface area (Å²) in [5, 5.41) is 4.93. The molecule has 0 unspecified atom stereocenters. The molecule has 22 heavy (non-hydrogen) atoms. The lowest BCUT2D eigenvalue weighted by molar-refractivity contribution is -0.00000454. The van der Waals surface area contributed by atoms with Crippen molar-refractivity contribution >= 4 is 44.7 Å². The maximum Gasteiger partial charge on any atom is 0.142 e. The van der Waals surface area contributed by atoms with Gasteiger partial charge in [-0.25, -0.2) is 9.97 Å². The Morgan fingerprint density at radius 1 is 1.23 bits per heavy atom. The van der Waals surface area contributed by atoms with Crippen molar-refractivity contribution in [1.29, 1.82) is 0 Å². The van der Waals surface area contributed by atoms with Crippen molar-refractivity contribution in [2.45, 2.75) is 13.8 Å². The fourth-order valence-corrected chi connectivity index (χ4v) is 3.41. The number of fused-ring (bicyclic) bond motifs is 1. The van der Waals surface area contributed by atoms with Gasteiger partial charge in [-0.2, -0.15) is 0 Å². The molecule has 1 N–H and O–H groups in total. The highest BCUT2D eigenvalue weighted by Gasteiger charge is 2.12. The van der Waals surface area contributed by atoms with E-state index < -0.39 is 0 Å². The van der Waals surface area contributed by atoms with Crippen LogP contribution in [0.5, 0.6) is 5.75 Å². The highest BCUT2D eigenvalue weighted by atomic mass is 35.5. The Morgan fingerprint density at radius 2 is 2.00 bits per heavy atom. The molecule has 0 saturated heterocycles. The fourth-order valence-electron chi connectivity index (χ4n) is 2.16. The van der Waals surface area contributed by atoms with Gasteiger partial charge in [0, 0.05) is 10.6 Å². The second-order valence-electron chi connectivity index (χ2n) is 4.66. The summed E-state index contributed by atoms with van der Waals surface area (Å²) in [7, 11) is 1.60. The van der Waals surface area contributed by atoms with Gasteiger partial charge in [-0.05, 0) is 37.6 Å². The predicted octanol–water partition coefficient (Wildman–Crippen LogP) is 1.72. The average Bonchev–Trinajstić information content (AvgIpc) is 2.75. The van der Waals surface area contributed by atoms with E-state index in [4.69, 9.17) is 16.3 Å². The van der Waals surface area contributed by atoms with Gasteiger partial charge >= 0.3 is 0 Å². The number of hydrogen-bond acceptors (Lipinski definition) is 5. The molecular formula is C15H14Cl2N3OS-. The van der Waals surface area contributed by atoms with E-state index in [0.29, 0.717) is 10.8 Å². The lowest BCUT2D eigenvalue weighted by Crippen LogP contribution is -3.00. The third-order valence-corrected chi connectivity index (χ3v) is 4.79. The molecule has 0 saturated carbocycles. The molecule has 0 fully saturated rings. The van der Waals surface area contributed by atoms with Gasteiger partial charge in [-0.1, -0.05) is 11.6 Å². The Kier molecular flexibility index (Phi) is 5.11. The van der Waals surface area contributed by atoms with E-state index in [-0.39, 0.29) is 12.4 Å². The Labute approximate surface area is 143 Å². The molecule has 1 aromatic carbocycles. The molecule has 0 radical (unpaired) electrons. The predicted molar refractivity (Wildman–Crippen MR) is 88.2 cm³/mol. The summed E-state index contributed by atoms with van der Waals surface area (Å²) >= 11 is 7.83. The fraction of sp³-hybridized carbons (Fsp3) is 0.200. The van der Waals surface area contributed by atoms with Gasteiger partial charge in [0.1, 0.15) is 22.7 Å². The van der Waals surface area contributed by atoms with E-state index in [1.165, 1.54) is 10.4 Å². The standard InChI is InChI=1S/C15H14ClN3OS.ClH/c1-8-9(2)21-15-13(8)14(17-7-18-15)19-10-4-5-12(20-3)11(16)6-10;/h4-7H,1-3H3,(H,17,18,19);1H/p-1. The van der Waals surface area contributed by atoms with E-state index >= 15 is 0 Å². The van der Waals surface area contributed by atoms with Crippen LogP contribution in [0.25, 0.3) is 10.2 Å². The van der Waals surface area contributed by atoms with Gasteiger partial charge < -0.3 is 22.5 Å². The molecule has 0 bridgehead atoms. The zero-order valence-corrected chi connectivity index (χ0v) is 14.6. The number of thiophene rings is 1. The molecule has 116 valence electrons. The van der Waals surface area contributed by atoms with Crippen molar-refractivity contribution in [2.24, 2.45) is 0 Å². The number of benzene rings is 1. The number of nitrogens with one attached hydrogen (secondary N) is 1. The molecule has 2 aromatic heterocycles. The molecule has 0 aliphatic heterocycles. The second kappa shape index (κ2) is 6.69. The first-order valence-electron chi connectivity index (χ1n) is 6.41. The first-order valence-corrected chi connectivity index (χ1v) is 7.61. The second-order valence-corrected chi connectivity index (χ2v) is 6.27. The van der Waals surface area contributed by atoms with Gasteiger partial charge in [0.05, 0.1) is 17.5 Å². The SMILES string of the molecule is COc1ccc(Nc2ncnc3sc(C)c(C)c23)cc1Cl.[Cl-]. The van der Waals surface area contributed by atoms with Crippen molar-refractivity contribution in [3.63, 3.8) is 0 Å². The maximum atomic E-state index is 6.15. The Balaban J connectivity index is 0.00000176. The van der Waals surface area contributed by atoms with Gasteiger partial charge in [0.25, 0.3) is 0 Å². The number of aryl methyl sites for hydroxylation is 2. The summed E-state index contributed by atoms with van der Waals surface area (Å²) in [5.41, 5.74) is 2.07. The maximum absolute atomic E-state index is 6.15. The van der Waals surface area contributed by atoms with Crippen LogP contribution in [0.3, 0.4) is 0 Å². The van der Waals surface area contributed by atoms with Crippen molar-refractivity contribution in [1.82, 2.24) is 9.97 Å². The first-order chi connectivity index (χ1) is 10.1. The summed E-state index contributed by atoms with van der Waals surface area (Å²) in [5.74, 6) is 1.45. The minimum atomic E-state index is 0. The average molecular weight is 355 g/mol. The normalized spacial score (nSPS) is 10.4. The van der Waals surface area contributed by atoms with E-state index in [1.54, 1.807) is 24.8 Å². The topological polar surface area (TPSA) is 47.0 Å². The van der Waals surface area contributed by atoms with Crippen LogP contribution < -0.4 is 22.5 Å². The quantitative estimate of drug-likeness (QED) is 0.777. The molecule has 4 nitrogen and oxygen atoms in total. The molecule has 2 heterocycles. The number of nitrogens with zero attached hydrogens (tertiary/aromatic N) is 2. The minimum Gasteiger partial charge on any atom is -1.00 e. The van der Waals surface area contributed by atoms with Crippen LogP contribution >= 0.6 is 22.9 Å². The van der Waals surface area contributed by atoms with Crippen molar-refractivity contribution in [3.05, 3.63) is 40.0 Å². The lowest BCUT2D eigenvalue weighted by atomic mass is 10.2. The van der Waals surface area contributed by atoms with E-state index in [2.05, 4.69) is 29.1 Å². The van der Waals surface area contributed by atoms with Crippen molar-refractivity contribution in [3.8, 4) is 5.75 Å². The number of halogens is 2. The zero-order valence-electron chi connectivity index (χ0n) is 12.3. The van der Waals surface area contributed by atoms with Crippen molar-refractivity contribution < 1.29 is 17.1 Å². The number of ether oxygens (including phenoxy) is 1. The number of anilines is 2. The van der Waals surface area contributed by atoms with Crippen LogP contribution in [-0.4, -0.2) is 17.1 Å². The molecule has 0 aliphatic rings. The van der Waals surface area contributed by atoms with E-state index in [1.807, 2.05) is 18.2 Å². The number of aromatic nitrogens is 2. The summed E-state index contributed by atoms with van der Waals surface area (Å²) in [6.45, 7) is 4.18. The third kappa shape index (κ3) is 2.97. The number of hydrogen-bond donors (Lipinski definition) is 1. The summed E-state index contributed by atoms with van der Waals surface area (Å²) in [4.78, 5) is 10.9. The highest BCUT2D eigenvalue weighted by molar-refractivity contribution is 7.18. The summed E-state index contributed by atoms with van der Waals surface area (Å²) < 4.78 is 5.16. The van der Waals surface area contributed by atoms with Crippen LogP contribution in [0, 0.1) is 13.8 Å². The molecular weight excluding hydrogens is 341 g/mol. The first kappa shape index (κ1) is 16.8. The number of methoxy groups -OCH3 is 1. The van der Waals surface area contributed by atoms with Crippen LogP contribution in [0.1, 0.15) is 10.4 Å². The summed E-state index contributed by atoms with van der Waals surface area (Å²) in [6.07, 6.45) is 1.57. The lowest BCUT2D eigenvalue weighted by Gasteiger charge is -2.09. The Hall–Kier alpha value is -1.56. The van der Waals surface area contributed by atoms with Crippen LogP contribution in [0.15, 0.2) is 24.5 Å². The Morgan fingerprint density at radius 3 is 2.68 bits per heavy atom. The number of rotatable bonds is 3. The van der Waals surface area contributed by atoms with Crippen LogP contribution in [0.4, 0.5) is 11.5 Å². The molecule has 7 heteroatoms. The molecule has 0 amide bonds. The smallest absolute Gasteiger partial charge is 0.142 e. The molecule has 0 aliphatic carbocycles. The van der Waals surface area contributed by atoms with Crippen LogP contribution in [0.2, 0.25) is 5.02 Å². The largest absolute Gasteiger partial charge is 1.00 e. The molecule has 3 aromatic rings. The van der Waals surface area contributed by atoms with Gasteiger partial charge in [-0.3, -0.25) is 0 Å². The molecule has 0 atom stereocenters. The van der Waals surface area contributed by atoms with Crippen molar-refractivity contribution in [2.75, 3.05) is 12.4 Å². The molecule has 0 spiro atoms. The van der Waals surface area contributed by atoms with Gasteiger partial charge in [-0.15, -0.1) is 11.3 Å². The van der Waals surface area contributed by atoms with Gasteiger partial charge in [0.2, 0.25) is 0 Å². The van der Waals surface area contributed by atoms with Crippen LogP contribution in [-0.2, 0) is 0 Å². The summed E-state index contributed by atoms with van der Waals surface area (Å²) in [6, 6.07) is 5.56.